The van der Waals surface area contributed by atoms with Gasteiger partial charge in [0.2, 0.25) is 15.7 Å². The second-order valence-electron chi connectivity index (χ2n) is 6.19. The number of aryl methyl sites for hydroxylation is 2. The Balaban J connectivity index is 1.83. The average molecular weight is 376 g/mol. The number of nitriles is 1. The molecule has 138 valence electrons. The van der Waals surface area contributed by atoms with Crippen molar-refractivity contribution >= 4 is 10.0 Å². The number of ether oxygens (including phenoxy) is 1. The molecular formula is C16H20N6O3S. The second kappa shape index (κ2) is 7.01. The summed E-state index contributed by atoms with van der Waals surface area (Å²) < 4.78 is 35.0. The van der Waals surface area contributed by atoms with Gasteiger partial charge >= 0.3 is 0 Å². The predicted molar refractivity (Wildman–Crippen MR) is 91.8 cm³/mol. The molecule has 1 atom stereocenters. The second-order valence-corrected chi connectivity index (χ2v) is 8.07. The van der Waals surface area contributed by atoms with E-state index >= 15 is 0 Å². The van der Waals surface area contributed by atoms with Gasteiger partial charge in [0.15, 0.2) is 0 Å². The third kappa shape index (κ3) is 3.27. The molecule has 0 aromatic carbocycles. The van der Waals surface area contributed by atoms with E-state index in [2.05, 4.69) is 15.1 Å². The largest absolute Gasteiger partial charge is 0.471 e. The lowest BCUT2D eigenvalue weighted by molar-refractivity contribution is 0.124. The Morgan fingerprint density at radius 2 is 2.04 bits per heavy atom. The lowest BCUT2D eigenvalue weighted by Crippen LogP contribution is -2.44. The summed E-state index contributed by atoms with van der Waals surface area (Å²) in [5.74, 6) is 0.132. The molecule has 26 heavy (non-hydrogen) atoms. The summed E-state index contributed by atoms with van der Waals surface area (Å²) >= 11 is 0. The first kappa shape index (κ1) is 18.3. The molecule has 0 amide bonds. The number of piperidine rings is 1. The molecule has 0 N–H and O–H groups in total. The molecule has 1 aliphatic heterocycles. The third-order valence-electron chi connectivity index (χ3n) is 4.43. The number of aromatic nitrogens is 4. The van der Waals surface area contributed by atoms with Crippen molar-refractivity contribution in [3.05, 3.63) is 29.5 Å². The van der Waals surface area contributed by atoms with E-state index in [0.717, 1.165) is 0 Å². The van der Waals surface area contributed by atoms with Crippen LogP contribution in [0, 0.1) is 25.2 Å². The summed E-state index contributed by atoms with van der Waals surface area (Å²) in [6.07, 6.45) is 3.80. The molecule has 10 heteroatoms. The third-order valence-corrected chi connectivity index (χ3v) is 6.55. The quantitative estimate of drug-likeness (QED) is 0.780. The molecule has 1 aliphatic rings. The standard InChI is InChI=1S/C16H20N6O3S/c1-11-15(12(2)21(3)20-11)26(23,24)22-8-4-5-13(10-22)25-16-14(9-17)18-6-7-19-16/h6-7,13H,4-5,8,10H2,1-3H3. The Hall–Kier alpha value is -2.51. The highest BCUT2D eigenvalue weighted by molar-refractivity contribution is 7.89. The molecule has 0 spiro atoms. The molecule has 3 rings (SSSR count). The van der Waals surface area contributed by atoms with Crippen LogP contribution in [0.25, 0.3) is 0 Å². The molecule has 0 bridgehead atoms. The molecule has 1 unspecified atom stereocenters. The first-order chi connectivity index (χ1) is 12.3. The summed E-state index contributed by atoms with van der Waals surface area (Å²) in [6.45, 7) is 4.04. The Bertz CT molecular complexity index is 963. The van der Waals surface area contributed by atoms with E-state index in [1.54, 1.807) is 25.6 Å². The molecule has 1 fully saturated rings. The first-order valence-corrected chi connectivity index (χ1v) is 9.66. The van der Waals surface area contributed by atoms with Crippen molar-refractivity contribution in [3.63, 3.8) is 0 Å². The number of nitrogens with zero attached hydrogens (tertiary/aromatic N) is 6. The van der Waals surface area contributed by atoms with Crippen LogP contribution in [0.5, 0.6) is 5.88 Å². The molecule has 0 aliphatic carbocycles. The maximum absolute atomic E-state index is 13.1. The van der Waals surface area contributed by atoms with Gasteiger partial charge in [0.1, 0.15) is 17.1 Å². The summed E-state index contributed by atoms with van der Waals surface area (Å²) in [5, 5.41) is 13.3. The zero-order valence-corrected chi connectivity index (χ0v) is 15.7. The van der Waals surface area contributed by atoms with Crippen molar-refractivity contribution in [3.8, 4) is 11.9 Å². The summed E-state index contributed by atoms with van der Waals surface area (Å²) in [5.41, 5.74) is 1.17. The average Bonchev–Trinajstić information content (AvgIpc) is 2.88. The van der Waals surface area contributed by atoms with Gasteiger partial charge in [-0.2, -0.15) is 14.7 Å². The monoisotopic (exact) mass is 376 g/mol. The maximum atomic E-state index is 13.1. The molecular weight excluding hydrogens is 356 g/mol. The summed E-state index contributed by atoms with van der Waals surface area (Å²) in [6, 6.07) is 1.93. The molecule has 9 nitrogen and oxygen atoms in total. The molecule has 1 saturated heterocycles. The van der Waals surface area contributed by atoms with Crippen LogP contribution in [0.1, 0.15) is 29.9 Å². The van der Waals surface area contributed by atoms with Gasteiger partial charge in [0.25, 0.3) is 5.88 Å². The lowest BCUT2D eigenvalue weighted by atomic mass is 10.1. The Morgan fingerprint density at radius 1 is 1.31 bits per heavy atom. The SMILES string of the molecule is Cc1nn(C)c(C)c1S(=O)(=O)N1CCCC(Oc2nccnc2C#N)C1. The van der Waals surface area contributed by atoms with Gasteiger partial charge in [-0.25, -0.2) is 18.4 Å². The molecule has 3 heterocycles. The number of hydrogen-bond acceptors (Lipinski definition) is 7. The van der Waals surface area contributed by atoms with Gasteiger partial charge < -0.3 is 4.74 Å². The van der Waals surface area contributed by atoms with Gasteiger partial charge in [-0.05, 0) is 26.7 Å². The van der Waals surface area contributed by atoms with Crippen molar-refractivity contribution in [1.29, 1.82) is 5.26 Å². The van der Waals surface area contributed by atoms with Crippen LogP contribution in [0.2, 0.25) is 0 Å². The highest BCUT2D eigenvalue weighted by Gasteiger charge is 2.35. The van der Waals surface area contributed by atoms with Gasteiger partial charge in [0.05, 0.1) is 17.9 Å². The van der Waals surface area contributed by atoms with Crippen LogP contribution in [-0.4, -0.2) is 51.7 Å². The molecule has 0 saturated carbocycles. The van der Waals surface area contributed by atoms with E-state index in [1.807, 2.05) is 6.07 Å². The first-order valence-electron chi connectivity index (χ1n) is 8.22. The minimum atomic E-state index is -3.67. The lowest BCUT2D eigenvalue weighted by Gasteiger charge is -2.31. The van der Waals surface area contributed by atoms with Gasteiger partial charge in [-0.3, -0.25) is 4.68 Å². The fourth-order valence-electron chi connectivity index (χ4n) is 3.12. The van der Waals surface area contributed by atoms with Crippen molar-refractivity contribution in [1.82, 2.24) is 24.1 Å². The van der Waals surface area contributed by atoms with Crippen LogP contribution < -0.4 is 4.74 Å². The topological polar surface area (TPSA) is 114 Å². The summed E-state index contributed by atoms with van der Waals surface area (Å²) in [7, 11) is -1.95. The van der Waals surface area contributed by atoms with Gasteiger partial charge in [0, 0.05) is 26.0 Å². The van der Waals surface area contributed by atoms with E-state index in [0.29, 0.717) is 30.8 Å². The van der Waals surface area contributed by atoms with Gasteiger partial charge in [-0.15, -0.1) is 0 Å². The number of rotatable bonds is 4. The van der Waals surface area contributed by atoms with Crippen LogP contribution in [0.15, 0.2) is 17.3 Å². The van der Waals surface area contributed by atoms with Crippen LogP contribution in [0.4, 0.5) is 0 Å². The zero-order valence-electron chi connectivity index (χ0n) is 14.9. The number of hydrogen-bond donors (Lipinski definition) is 0. The van der Waals surface area contributed by atoms with Crippen molar-refractivity contribution in [2.75, 3.05) is 13.1 Å². The van der Waals surface area contributed by atoms with Crippen LogP contribution in [-0.2, 0) is 17.1 Å². The fourth-order valence-corrected chi connectivity index (χ4v) is 5.03. The van der Waals surface area contributed by atoms with E-state index in [-0.39, 0.29) is 29.1 Å². The van der Waals surface area contributed by atoms with E-state index in [9.17, 15) is 8.42 Å². The highest BCUT2D eigenvalue weighted by Crippen LogP contribution is 2.27. The van der Waals surface area contributed by atoms with Crippen LogP contribution in [0.3, 0.4) is 0 Å². The molecule has 2 aromatic rings. The minimum absolute atomic E-state index is 0.0893. The molecule has 0 radical (unpaired) electrons. The van der Waals surface area contributed by atoms with E-state index in [1.165, 1.54) is 16.7 Å². The maximum Gasteiger partial charge on any atom is 0.251 e. The smallest absolute Gasteiger partial charge is 0.251 e. The van der Waals surface area contributed by atoms with Crippen molar-refractivity contribution < 1.29 is 13.2 Å². The minimum Gasteiger partial charge on any atom is -0.471 e. The highest BCUT2D eigenvalue weighted by atomic mass is 32.2. The van der Waals surface area contributed by atoms with Gasteiger partial charge in [-0.1, -0.05) is 0 Å². The van der Waals surface area contributed by atoms with Crippen molar-refractivity contribution in [2.24, 2.45) is 7.05 Å². The predicted octanol–water partition coefficient (Wildman–Crippen LogP) is 0.931. The fraction of sp³-hybridized carbons (Fsp3) is 0.500. The Kier molecular flexibility index (Phi) is 4.93. The zero-order chi connectivity index (χ0) is 18.9. The summed E-state index contributed by atoms with van der Waals surface area (Å²) in [4.78, 5) is 8.19. The molecule has 2 aromatic heterocycles. The normalized spacial score (nSPS) is 18.5. The number of sulfonamides is 1. The Morgan fingerprint density at radius 3 is 2.69 bits per heavy atom. The van der Waals surface area contributed by atoms with E-state index < -0.39 is 10.0 Å². The van der Waals surface area contributed by atoms with Crippen molar-refractivity contribution in [2.45, 2.75) is 37.7 Å². The van der Waals surface area contributed by atoms with E-state index in [4.69, 9.17) is 10.00 Å². The Labute approximate surface area is 152 Å². The van der Waals surface area contributed by atoms with Crippen LogP contribution >= 0.6 is 0 Å².